The van der Waals surface area contributed by atoms with Gasteiger partial charge in [0, 0.05) is 52.5 Å². The number of benzene rings is 1. The van der Waals surface area contributed by atoms with Crippen LogP contribution in [0.3, 0.4) is 0 Å². The van der Waals surface area contributed by atoms with E-state index in [4.69, 9.17) is 0 Å². The Bertz CT molecular complexity index is 1840. The van der Waals surface area contributed by atoms with Gasteiger partial charge in [0.1, 0.15) is 5.39 Å². The lowest BCUT2D eigenvalue weighted by Gasteiger charge is -2.29. The van der Waals surface area contributed by atoms with Crippen LogP contribution in [0.15, 0.2) is 70.5 Å². The number of allylic oxidation sites excluding steroid dienone is 1. The summed E-state index contributed by atoms with van der Waals surface area (Å²) in [6.07, 6.45) is 7.17. The molecule has 5 heterocycles. The highest BCUT2D eigenvalue weighted by atomic mass is 32.2. The number of Topliss-reactive ketones (excluding diaryl/α,β-unsaturated/α-hetero) is 1. The van der Waals surface area contributed by atoms with E-state index in [-0.39, 0.29) is 30.0 Å². The van der Waals surface area contributed by atoms with Gasteiger partial charge in [-0.25, -0.2) is 23.5 Å². The van der Waals surface area contributed by atoms with Crippen LogP contribution < -0.4 is 10.9 Å². The first kappa shape index (κ1) is 27.0. The highest BCUT2D eigenvalue weighted by Crippen LogP contribution is 2.37. The van der Waals surface area contributed by atoms with Gasteiger partial charge in [0.25, 0.3) is 5.56 Å². The Morgan fingerprint density at radius 1 is 1.17 bits per heavy atom. The van der Waals surface area contributed by atoms with E-state index in [0.29, 0.717) is 34.4 Å². The van der Waals surface area contributed by atoms with Crippen LogP contribution in [0.2, 0.25) is 0 Å². The molecule has 4 aromatic rings. The van der Waals surface area contributed by atoms with Crippen LogP contribution in [0.25, 0.3) is 16.9 Å². The third-order valence-corrected chi connectivity index (χ3v) is 8.33. The quantitative estimate of drug-likeness (QED) is 0.317. The van der Waals surface area contributed by atoms with Crippen molar-refractivity contribution in [1.82, 2.24) is 29.2 Å². The summed E-state index contributed by atoms with van der Waals surface area (Å²) in [5.41, 5.74) is 1.96. The molecule has 2 saturated heterocycles. The number of anilines is 2. The van der Waals surface area contributed by atoms with E-state index in [1.54, 1.807) is 29.0 Å². The van der Waals surface area contributed by atoms with Crippen LogP contribution in [0.5, 0.6) is 0 Å². The molecule has 4 unspecified atom stereocenters. The molecule has 1 aromatic carbocycles. The van der Waals surface area contributed by atoms with Crippen molar-refractivity contribution in [2.24, 2.45) is 10.3 Å². The maximum atomic E-state index is 13.2. The number of nitrogens with zero attached hydrogens (tertiary/aromatic N) is 7. The molecule has 2 aliphatic heterocycles. The van der Waals surface area contributed by atoms with Gasteiger partial charge in [-0.2, -0.15) is 9.35 Å². The van der Waals surface area contributed by atoms with E-state index in [2.05, 4.69) is 43.0 Å². The van der Waals surface area contributed by atoms with Crippen LogP contribution in [-0.4, -0.2) is 70.9 Å². The van der Waals surface area contributed by atoms with Gasteiger partial charge in [-0.15, -0.1) is 6.58 Å². The summed E-state index contributed by atoms with van der Waals surface area (Å²) in [6.45, 7) is 8.01. The maximum absolute atomic E-state index is 13.2. The summed E-state index contributed by atoms with van der Waals surface area (Å²) in [4.78, 5) is 41.9. The topological polar surface area (TPSA) is 127 Å². The number of ketones is 1. The fourth-order valence-electron chi connectivity index (χ4n) is 5.85. The van der Waals surface area contributed by atoms with Crippen LogP contribution >= 0.6 is 0 Å². The summed E-state index contributed by atoms with van der Waals surface area (Å²) in [6, 6.07) is 13.0. The van der Waals surface area contributed by atoms with E-state index in [1.807, 2.05) is 24.3 Å². The second kappa shape index (κ2) is 10.3. The number of rotatable bonds is 8. The first-order valence-electron chi connectivity index (χ1n) is 13.5. The van der Waals surface area contributed by atoms with Crippen molar-refractivity contribution < 1.29 is 9.00 Å². The molecule has 0 amide bonds. The molecule has 3 aromatic heterocycles. The van der Waals surface area contributed by atoms with Crippen molar-refractivity contribution in [2.45, 2.75) is 31.8 Å². The number of piperidine rings is 1. The van der Waals surface area contributed by atoms with Crippen molar-refractivity contribution >= 4 is 44.0 Å². The number of fused-ring (bicyclic) bond motifs is 3. The van der Waals surface area contributed by atoms with Gasteiger partial charge in [-0.1, -0.05) is 31.2 Å². The molecule has 4 atom stereocenters. The zero-order valence-electron chi connectivity index (χ0n) is 23.2. The molecule has 1 N–H and O–H groups in total. The van der Waals surface area contributed by atoms with Crippen LogP contribution in [0.1, 0.15) is 24.8 Å². The average Bonchev–Trinajstić information content (AvgIpc) is 3.61. The minimum Gasteiger partial charge on any atom is -0.324 e. The number of carbonyl (C=O) groups excluding carboxylic acids is 1. The van der Waals surface area contributed by atoms with Gasteiger partial charge in [0.2, 0.25) is 5.95 Å². The summed E-state index contributed by atoms with van der Waals surface area (Å²) in [7, 11) is -2.43. The minimum atomic E-state index is -2.43. The van der Waals surface area contributed by atoms with Crippen molar-refractivity contribution in [3.8, 4) is 5.82 Å². The maximum Gasteiger partial charge on any atom is 0.278 e. The molecule has 0 saturated carbocycles. The molecule has 2 bridgehead atoms. The van der Waals surface area contributed by atoms with Crippen molar-refractivity contribution in [2.75, 3.05) is 30.9 Å². The van der Waals surface area contributed by atoms with E-state index in [9.17, 15) is 13.8 Å². The summed E-state index contributed by atoms with van der Waals surface area (Å²) < 4.78 is 19.5. The molecule has 212 valence electrons. The van der Waals surface area contributed by atoms with Crippen molar-refractivity contribution in [3.63, 3.8) is 0 Å². The van der Waals surface area contributed by atoms with E-state index < -0.39 is 9.73 Å². The van der Waals surface area contributed by atoms with Crippen LogP contribution in [-0.2, 0) is 21.1 Å². The molecule has 2 fully saturated rings. The number of aromatic nitrogens is 5. The second-order valence-electron chi connectivity index (χ2n) is 10.9. The molecule has 6 rings (SSSR count). The Morgan fingerprint density at radius 3 is 2.63 bits per heavy atom. The van der Waals surface area contributed by atoms with E-state index in [1.165, 1.54) is 23.4 Å². The highest BCUT2D eigenvalue weighted by Gasteiger charge is 2.47. The first-order valence-corrected chi connectivity index (χ1v) is 15.8. The number of nitrogens with one attached hydrogen (secondary N) is 1. The van der Waals surface area contributed by atoms with Gasteiger partial charge >= 0.3 is 0 Å². The molecule has 2 aliphatic rings. The third kappa shape index (κ3) is 5.08. The molecule has 0 aliphatic carbocycles. The molecular weight excluding hydrogens is 540 g/mol. The summed E-state index contributed by atoms with van der Waals surface area (Å²) in [5, 5.41) is 3.55. The monoisotopic (exact) mass is 572 g/mol. The lowest BCUT2D eigenvalue weighted by Crippen LogP contribution is -2.40. The van der Waals surface area contributed by atoms with Gasteiger partial charge in [0.15, 0.2) is 23.1 Å². The number of carbonyl (C=O) groups is 1. The van der Waals surface area contributed by atoms with Crippen LogP contribution in [0, 0.1) is 5.92 Å². The predicted octanol–water partition coefficient (Wildman–Crippen LogP) is 3.64. The van der Waals surface area contributed by atoms with Gasteiger partial charge in [-0.3, -0.25) is 14.5 Å². The van der Waals surface area contributed by atoms with Gasteiger partial charge in [-0.05, 0) is 42.8 Å². The zero-order chi connectivity index (χ0) is 28.9. The number of hydrogen-bond acceptors (Lipinski definition) is 9. The minimum absolute atomic E-state index is 0.0457. The SMILES string of the molecule is C=CCn1c(=O)c2cnc(Nc3ccc(C(C)C4C(=O)C5CCN4C5)cc3)nc2n1-c1cccc(N=S(C)(C)=O)n1. The Hall–Kier alpha value is -4.16. The Kier molecular flexibility index (Phi) is 6.82. The summed E-state index contributed by atoms with van der Waals surface area (Å²) >= 11 is 0. The predicted molar refractivity (Wildman–Crippen MR) is 160 cm³/mol. The smallest absolute Gasteiger partial charge is 0.278 e. The van der Waals surface area contributed by atoms with Gasteiger partial charge in [0.05, 0.1) is 12.6 Å². The van der Waals surface area contributed by atoms with E-state index >= 15 is 0 Å². The average molecular weight is 573 g/mol. The Morgan fingerprint density at radius 2 is 1.95 bits per heavy atom. The molecule has 12 heteroatoms. The lowest BCUT2D eigenvalue weighted by molar-refractivity contribution is -0.124. The van der Waals surface area contributed by atoms with E-state index in [0.717, 1.165) is 30.8 Å². The Balaban J connectivity index is 1.32. The third-order valence-electron chi connectivity index (χ3n) is 7.70. The van der Waals surface area contributed by atoms with Crippen molar-refractivity contribution in [3.05, 3.63) is 77.2 Å². The molecule has 41 heavy (non-hydrogen) atoms. The lowest BCUT2D eigenvalue weighted by atomic mass is 9.86. The van der Waals surface area contributed by atoms with Gasteiger partial charge < -0.3 is 5.32 Å². The second-order valence-corrected chi connectivity index (χ2v) is 13.5. The molecule has 0 radical (unpaired) electrons. The standard InChI is InChI=1S/C29H32N8O3S/c1-5-14-36-28(39)22-16-30-29(33-27(22)37(36)24-8-6-7-23(32-24)34-41(3,4)40)31-21-11-9-19(10-12-21)18(2)25-26(38)20-13-15-35(25)17-20/h5-12,16,18,20,25H,1,13-15,17H2,2-4H3,(H,30,31,33). The van der Waals surface area contributed by atoms with Crippen molar-refractivity contribution in [1.29, 1.82) is 0 Å². The first-order chi connectivity index (χ1) is 19.6. The number of hydrogen-bond donors (Lipinski definition) is 1. The highest BCUT2D eigenvalue weighted by molar-refractivity contribution is 7.92. The normalized spacial score (nSPS) is 20.9. The summed E-state index contributed by atoms with van der Waals surface area (Å²) in [5.74, 6) is 1.68. The molecule has 11 nitrogen and oxygen atoms in total. The zero-order valence-corrected chi connectivity index (χ0v) is 24.0. The largest absolute Gasteiger partial charge is 0.324 e. The fraction of sp³-hybridized carbons (Fsp3) is 0.345. The fourth-order valence-corrected chi connectivity index (χ4v) is 6.40. The van der Waals surface area contributed by atoms with Crippen LogP contribution in [0.4, 0.5) is 17.5 Å². The molecular formula is C29H32N8O3S. The number of pyridine rings is 1. The Labute approximate surface area is 238 Å². The molecule has 0 spiro atoms.